The monoisotopic (exact) mass is 434 g/mol. The Hall–Kier alpha value is -2.99. The van der Waals surface area contributed by atoms with Crippen molar-refractivity contribution in [3.8, 4) is 0 Å². The molecule has 1 aliphatic rings. The minimum absolute atomic E-state index is 0.184. The molecule has 1 N–H and O–H groups in total. The number of benzene rings is 2. The van der Waals surface area contributed by atoms with Gasteiger partial charge in [0.15, 0.2) is 0 Å². The minimum atomic E-state index is -0.215. The Balaban J connectivity index is 1.57. The molecule has 0 aliphatic carbocycles. The van der Waals surface area contributed by atoms with Crippen molar-refractivity contribution in [1.82, 2.24) is 20.0 Å². The number of nitrogens with one attached hydrogen (secondary N) is 1. The summed E-state index contributed by atoms with van der Waals surface area (Å²) in [6.45, 7) is 7.95. The molecule has 6 heteroatoms. The van der Waals surface area contributed by atoms with E-state index in [1.807, 2.05) is 28.8 Å². The van der Waals surface area contributed by atoms with Crippen molar-refractivity contribution in [2.75, 3.05) is 26.2 Å². The number of fused-ring (bicyclic) bond motifs is 1. The Morgan fingerprint density at radius 3 is 2.75 bits per heavy atom. The highest BCUT2D eigenvalue weighted by molar-refractivity contribution is 5.88. The van der Waals surface area contributed by atoms with Gasteiger partial charge in [-0.05, 0) is 59.9 Å². The fraction of sp³-hybridized carbons (Fsp3) is 0.385. The molecular weight excluding hydrogens is 403 g/mol. The van der Waals surface area contributed by atoms with Gasteiger partial charge in [0.25, 0.3) is 0 Å². The van der Waals surface area contributed by atoms with Crippen molar-refractivity contribution < 1.29 is 9.18 Å². The Morgan fingerprint density at radius 2 is 2.00 bits per heavy atom. The number of unbranched alkanes of at least 4 members (excludes halogenated alkanes) is 1. The molecular formula is C26H31FN4O. The van der Waals surface area contributed by atoms with Crippen LogP contribution in [0.25, 0.3) is 16.5 Å². The Bertz CT molecular complexity index is 1130. The number of halogens is 1. The van der Waals surface area contributed by atoms with E-state index < -0.39 is 0 Å². The summed E-state index contributed by atoms with van der Waals surface area (Å²) in [6, 6.07) is 11.3. The van der Waals surface area contributed by atoms with Crippen molar-refractivity contribution in [1.29, 1.82) is 0 Å². The molecule has 0 unspecified atom stereocenters. The first kappa shape index (κ1) is 22.2. The molecule has 4 rings (SSSR count). The van der Waals surface area contributed by atoms with Gasteiger partial charge in [0, 0.05) is 38.0 Å². The lowest BCUT2D eigenvalue weighted by atomic mass is 9.92. The number of allylic oxidation sites excluding steroid dienone is 1. The predicted octanol–water partition coefficient (Wildman–Crippen LogP) is 4.54. The predicted molar refractivity (Wildman–Crippen MR) is 127 cm³/mol. The highest BCUT2D eigenvalue weighted by Gasteiger charge is 2.17. The van der Waals surface area contributed by atoms with Gasteiger partial charge in [-0.2, -0.15) is 5.10 Å². The van der Waals surface area contributed by atoms with E-state index in [4.69, 9.17) is 0 Å². The molecule has 1 amide bonds. The van der Waals surface area contributed by atoms with Gasteiger partial charge in [0.05, 0.1) is 18.3 Å². The van der Waals surface area contributed by atoms with Crippen LogP contribution in [0, 0.1) is 12.7 Å². The second-order valence-electron chi connectivity index (χ2n) is 8.39. The van der Waals surface area contributed by atoms with Gasteiger partial charge < -0.3 is 10.2 Å². The zero-order valence-corrected chi connectivity index (χ0v) is 18.9. The fourth-order valence-electron chi connectivity index (χ4n) is 4.31. The standard InChI is InChI=1S/C26H31FN4O/c1-3-4-5-24(23-8-7-22(27)16-19(23)2)20-6-9-25-21(17-20)18-29-31(25)13-10-26(32)30-14-11-28-12-15-30/h5-9,16-18,28H,3-4,10-15H2,1-2H3/b24-5-. The topological polar surface area (TPSA) is 50.2 Å². The highest BCUT2D eigenvalue weighted by atomic mass is 19.1. The van der Waals surface area contributed by atoms with E-state index in [1.54, 1.807) is 6.07 Å². The number of rotatable bonds is 7. The molecule has 2 aromatic carbocycles. The molecule has 1 aliphatic heterocycles. The lowest BCUT2D eigenvalue weighted by Gasteiger charge is -2.27. The molecule has 1 fully saturated rings. The maximum absolute atomic E-state index is 13.7. The Morgan fingerprint density at radius 1 is 1.19 bits per heavy atom. The van der Waals surface area contributed by atoms with Gasteiger partial charge in [0.2, 0.25) is 5.91 Å². The zero-order chi connectivity index (χ0) is 22.5. The lowest BCUT2D eigenvalue weighted by Crippen LogP contribution is -2.46. The summed E-state index contributed by atoms with van der Waals surface area (Å²) < 4.78 is 15.6. The highest BCUT2D eigenvalue weighted by Crippen LogP contribution is 2.30. The van der Waals surface area contributed by atoms with Crippen LogP contribution in [0.3, 0.4) is 0 Å². The van der Waals surface area contributed by atoms with E-state index in [9.17, 15) is 9.18 Å². The second-order valence-corrected chi connectivity index (χ2v) is 8.39. The molecule has 1 saturated heterocycles. The molecule has 0 atom stereocenters. The molecule has 0 saturated carbocycles. The van der Waals surface area contributed by atoms with Crippen LogP contribution in [0.2, 0.25) is 0 Å². The van der Waals surface area contributed by atoms with Crippen LogP contribution >= 0.6 is 0 Å². The molecule has 32 heavy (non-hydrogen) atoms. The number of carbonyl (C=O) groups is 1. The van der Waals surface area contributed by atoms with Gasteiger partial charge in [-0.15, -0.1) is 0 Å². The maximum Gasteiger partial charge on any atom is 0.224 e. The van der Waals surface area contributed by atoms with Crippen LogP contribution in [-0.2, 0) is 11.3 Å². The summed E-state index contributed by atoms with van der Waals surface area (Å²) in [5, 5.41) is 8.86. The Kier molecular flexibility index (Phi) is 7.00. The average molecular weight is 435 g/mol. The van der Waals surface area contributed by atoms with Crippen molar-refractivity contribution in [2.24, 2.45) is 0 Å². The lowest BCUT2D eigenvalue weighted by molar-refractivity contribution is -0.132. The van der Waals surface area contributed by atoms with Crippen molar-refractivity contribution in [2.45, 2.75) is 39.7 Å². The third-order valence-corrected chi connectivity index (χ3v) is 6.08. The van der Waals surface area contributed by atoms with E-state index in [0.29, 0.717) is 13.0 Å². The zero-order valence-electron chi connectivity index (χ0n) is 18.9. The Labute approximate surface area is 188 Å². The summed E-state index contributed by atoms with van der Waals surface area (Å²) in [7, 11) is 0. The molecule has 0 radical (unpaired) electrons. The third-order valence-electron chi connectivity index (χ3n) is 6.08. The van der Waals surface area contributed by atoms with Crippen LogP contribution in [0.4, 0.5) is 4.39 Å². The second kappa shape index (κ2) is 10.1. The van der Waals surface area contributed by atoms with Gasteiger partial charge in [-0.1, -0.05) is 31.6 Å². The molecule has 0 bridgehead atoms. The smallest absolute Gasteiger partial charge is 0.224 e. The minimum Gasteiger partial charge on any atom is -0.340 e. The first-order valence-corrected chi connectivity index (χ1v) is 11.5. The number of aryl methyl sites for hydroxylation is 2. The number of hydrogen-bond donors (Lipinski definition) is 1. The normalized spacial score (nSPS) is 14.8. The fourth-order valence-corrected chi connectivity index (χ4v) is 4.31. The first-order chi connectivity index (χ1) is 15.6. The number of piperazine rings is 1. The molecule has 5 nitrogen and oxygen atoms in total. The summed E-state index contributed by atoms with van der Waals surface area (Å²) >= 11 is 0. The van der Waals surface area contributed by atoms with E-state index in [1.165, 1.54) is 6.07 Å². The van der Waals surface area contributed by atoms with Crippen molar-refractivity contribution in [3.05, 3.63) is 71.2 Å². The van der Waals surface area contributed by atoms with Gasteiger partial charge >= 0.3 is 0 Å². The van der Waals surface area contributed by atoms with Crippen LogP contribution in [0.1, 0.15) is 42.9 Å². The maximum atomic E-state index is 13.7. The number of carbonyl (C=O) groups excluding carboxylic acids is 1. The molecule has 1 aromatic heterocycles. The van der Waals surface area contributed by atoms with Crippen molar-refractivity contribution in [3.63, 3.8) is 0 Å². The number of amides is 1. The third kappa shape index (κ3) is 4.91. The molecule has 2 heterocycles. The SMILES string of the molecule is CCC/C=C(/c1ccc2c(cnn2CCC(=O)N2CCNCC2)c1)c1ccc(F)cc1C. The van der Waals surface area contributed by atoms with E-state index in [-0.39, 0.29) is 11.7 Å². The number of nitrogens with zero attached hydrogens (tertiary/aromatic N) is 3. The summed E-state index contributed by atoms with van der Waals surface area (Å²) in [5.41, 5.74) is 5.21. The van der Waals surface area contributed by atoms with Crippen LogP contribution < -0.4 is 5.32 Å². The molecule has 168 valence electrons. The van der Waals surface area contributed by atoms with Crippen LogP contribution in [-0.4, -0.2) is 46.8 Å². The van der Waals surface area contributed by atoms with Crippen molar-refractivity contribution >= 4 is 22.4 Å². The number of aromatic nitrogens is 2. The van der Waals surface area contributed by atoms with Gasteiger partial charge in [-0.25, -0.2) is 4.39 Å². The average Bonchev–Trinajstić information content (AvgIpc) is 3.21. The molecule has 3 aromatic rings. The van der Waals surface area contributed by atoms with Crippen LogP contribution in [0.5, 0.6) is 0 Å². The van der Waals surface area contributed by atoms with Crippen LogP contribution in [0.15, 0.2) is 48.7 Å². The number of hydrogen-bond acceptors (Lipinski definition) is 3. The summed E-state index contributed by atoms with van der Waals surface area (Å²) in [4.78, 5) is 14.4. The van der Waals surface area contributed by atoms with E-state index in [2.05, 4.69) is 41.6 Å². The summed E-state index contributed by atoms with van der Waals surface area (Å²) in [6.07, 6.45) is 6.55. The van der Waals surface area contributed by atoms with Gasteiger partial charge in [-0.3, -0.25) is 9.48 Å². The molecule has 0 spiro atoms. The first-order valence-electron chi connectivity index (χ1n) is 11.5. The largest absolute Gasteiger partial charge is 0.340 e. The summed E-state index contributed by atoms with van der Waals surface area (Å²) in [5.74, 6) is -0.0310. The van der Waals surface area contributed by atoms with E-state index >= 15 is 0 Å². The van der Waals surface area contributed by atoms with Gasteiger partial charge in [0.1, 0.15) is 5.82 Å². The van der Waals surface area contributed by atoms with E-state index in [0.717, 1.165) is 72.2 Å². The quantitative estimate of drug-likeness (QED) is 0.594.